The van der Waals surface area contributed by atoms with Crippen molar-refractivity contribution >= 4 is 71.3 Å². The van der Waals surface area contributed by atoms with E-state index >= 15 is 0 Å². The Labute approximate surface area is 197 Å². The van der Waals surface area contributed by atoms with Crippen LogP contribution in [-0.4, -0.2) is 31.0 Å². The van der Waals surface area contributed by atoms with Gasteiger partial charge in [0.25, 0.3) is 15.9 Å². The standard InChI is InChI=1S/C19H17BrN4O4S3/c1-2-28-16-8-3-12(11-15(16)20)17(25)23-18(29)22-13-4-6-14(7-5-13)31(26,27)24-19-21-9-10-30-19/h3-11H,2H2,1H3,(H,21,24)(H2,22,23,25,29). The number of carbonyl (C=O) groups is 1. The van der Waals surface area contributed by atoms with Crippen molar-refractivity contribution in [2.45, 2.75) is 11.8 Å². The molecule has 0 aliphatic rings. The molecule has 1 amide bonds. The zero-order valence-electron chi connectivity index (χ0n) is 16.1. The number of carbonyl (C=O) groups excluding carboxylic acids is 1. The van der Waals surface area contributed by atoms with Crippen molar-refractivity contribution in [1.82, 2.24) is 10.3 Å². The molecule has 8 nitrogen and oxygen atoms in total. The molecule has 0 radical (unpaired) electrons. The number of hydrogen-bond acceptors (Lipinski definition) is 7. The van der Waals surface area contributed by atoms with Crippen molar-refractivity contribution in [1.29, 1.82) is 0 Å². The molecule has 0 bridgehead atoms. The number of hydrogen-bond donors (Lipinski definition) is 3. The molecule has 0 spiro atoms. The Morgan fingerprint density at radius 3 is 2.58 bits per heavy atom. The van der Waals surface area contributed by atoms with E-state index in [-0.39, 0.29) is 15.1 Å². The summed E-state index contributed by atoms with van der Waals surface area (Å²) in [5.41, 5.74) is 0.917. The molecule has 3 rings (SSSR count). The molecular weight excluding hydrogens is 524 g/mol. The largest absolute Gasteiger partial charge is 0.493 e. The predicted molar refractivity (Wildman–Crippen MR) is 128 cm³/mol. The Morgan fingerprint density at radius 2 is 1.97 bits per heavy atom. The van der Waals surface area contributed by atoms with Crippen molar-refractivity contribution in [3.8, 4) is 5.75 Å². The van der Waals surface area contributed by atoms with Gasteiger partial charge in [0.1, 0.15) is 5.75 Å². The molecule has 0 fully saturated rings. The molecule has 0 aliphatic carbocycles. The Hall–Kier alpha value is -2.54. The molecule has 3 N–H and O–H groups in total. The molecule has 1 heterocycles. The van der Waals surface area contributed by atoms with Crippen LogP contribution in [0.4, 0.5) is 10.8 Å². The lowest BCUT2D eigenvalue weighted by atomic mass is 10.2. The van der Waals surface area contributed by atoms with E-state index in [1.165, 1.54) is 29.7 Å². The van der Waals surface area contributed by atoms with Gasteiger partial charge in [-0.25, -0.2) is 13.4 Å². The lowest BCUT2D eigenvalue weighted by Gasteiger charge is -2.12. The van der Waals surface area contributed by atoms with Crippen LogP contribution in [0.3, 0.4) is 0 Å². The highest BCUT2D eigenvalue weighted by Crippen LogP contribution is 2.26. The first-order chi connectivity index (χ1) is 14.8. The van der Waals surface area contributed by atoms with Crippen molar-refractivity contribution in [2.75, 3.05) is 16.6 Å². The predicted octanol–water partition coefficient (Wildman–Crippen LogP) is 4.23. The van der Waals surface area contributed by atoms with Gasteiger partial charge in [0.2, 0.25) is 0 Å². The maximum absolute atomic E-state index is 12.4. The number of amides is 1. The fraction of sp³-hybridized carbons (Fsp3) is 0.105. The van der Waals surface area contributed by atoms with Crippen LogP contribution in [0.5, 0.6) is 5.75 Å². The Balaban J connectivity index is 1.60. The summed E-state index contributed by atoms with van der Waals surface area (Å²) in [4.78, 5) is 16.4. The molecule has 0 aliphatic heterocycles. The first-order valence-corrected chi connectivity index (χ1v) is 12.4. The van der Waals surface area contributed by atoms with Gasteiger partial charge in [0.05, 0.1) is 16.0 Å². The van der Waals surface area contributed by atoms with Gasteiger partial charge in [-0.1, -0.05) is 0 Å². The van der Waals surface area contributed by atoms with E-state index in [0.29, 0.717) is 28.1 Å². The minimum atomic E-state index is -3.74. The monoisotopic (exact) mass is 540 g/mol. The minimum absolute atomic E-state index is 0.0717. The van der Waals surface area contributed by atoms with Gasteiger partial charge < -0.3 is 10.1 Å². The maximum atomic E-state index is 12.4. The van der Waals surface area contributed by atoms with E-state index in [0.717, 1.165) is 0 Å². The topological polar surface area (TPSA) is 109 Å². The fourth-order valence-electron chi connectivity index (χ4n) is 2.42. The average Bonchev–Trinajstić information content (AvgIpc) is 3.22. The number of benzene rings is 2. The van der Waals surface area contributed by atoms with Crippen LogP contribution in [0.2, 0.25) is 0 Å². The molecule has 0 saturated heterocycles. The van der Waals surface area contributed by atoms with E-state index < -0.39 is 15.9 Å². The van der Waals surface area contributed by atoms with Gasteiger partial charge >= 0.3 is 0 Å². The molecule has 31 heavy (non-hydrogen) atoms. The summed E-state index contributed by atoms with van der Waals surface area (Å²) >= 11 is 9.73. The molecule has 0 atom stereocenters. The number of anilines is 2. The van der Waals surface area contributed by atoms with Gasteiger partial charge in [0.15, 0.2) is 10.2 Å². The van der Waals surface area contributed by atoms with E-state index in [4.69, 9.17) is 17.0 Å². The highest BCUT2D eigenvalue weighted by atomic mass is 79.9. The summed E-state index contributed by atoms with van der Waals surface area (Å²) in [5, 5.41) is 7.46. The second-order valence-electron chi connectivity index (χ2n) is 5.95. The van der Waals surface area contributed by atoms with Crippen LogP contribution < -0.4 is 20.1 Å². The summed E-state index contributed by atoms with van der Waals surface area (Å²) in [6.45, 7) is 2.38. The van der Waals surface area contributed by atoms with E-state index in [1.807, 2.05) is 6.92 Å². The van der Waals surface area contributed by atoms with Crippen molar-refractivity contribution in [3.05, 3.63) is 64.1 Å². The van der Waals surface area contributed by atoms with Gasteiger partial charge in [-0.2, -0.15) is 0 Å². The number of halogens is 1. The van der Waals surface area contributed by atoms with Crippen molar-refractivity contribution in [2.24, 2.45) is 0 Å². The smallest absolute Gasteiger partial charge is 0.263 e. The summed E-state index contributed by atoms with van der Waals surface area (Å²) in [5.74, 6) is 0.243. The summed E-state index contributed by atoms with van der Waals surface area (Å²) in [7, 11) is -3.74. The van der Waals surface area contributed by atoms with Gasteiger partial charge in [-0.05, 0) is 77.5 Å². The van der Waals surface area contributed by atoms with Gasteiger partial charge in [-0.15, -0.1) is 11.3 Å². The first-order valence-electron chi connectivity index (χ1n) is 8.85. The maximum Gasteiger partial charge on any atom is 0.263 e. The number of aromatic nitrogens is 1. The zero-order chi connectivity index (χ0) is 22.4. The van der Waals surface area contributed by atoms with Gasteiger partial charge in [-0.3, -0.25) is 14.8 Å². The molecule has 12 heteroatoms. The van der Waals surface area contributed by atoms with Crippen molar-refractivity contribution < 1.29 is 17.9 Å². The molecule has 3 aromatic rings. The number of ether oxygens (including phenoxy) is 1. The lowest BCUT2D eigenvalue weighted by Crippen LogP contribution is -2.34. The molecular formula is C19H17BrN4O4S3. The number of nitrogens with zero attached hydrogens (tertiary/aromatic N) is 1. The Kier molecular flexibility index (Phi) is 7.59. The van der Waals surface area contributed by atoms with Crippen LogP contribution in [0.15, 0.2) is 63.4 Å². The second-order valence-corrected chi connectivity index (χ2v) is 9.79. The second kappa shape index (κ2) is 10.2. The summed E-state index contributed by atoms with van der Waals surface area (Å²) < 4.78 is 33.2. The van der Waals surface area contributed by atoms with E-state index in [9.17, 15) is 13.2 Å². The van der Waals surface area contributed by atoms with E-state index in [2.05, 4.69) is 36.3 Å². The summed E-state index contributed by atoms with van der Waals surface area (Å²) in [6, 6.07) is 10.9. The highest BCUT2D eigenvalue weighted by Gasteiger charge is 2.16. The van der Waals surface area contributed by atoms with Crippen LogP contribution in [0.25, 0.3) is 0 Å². The number of nitrogens with one attached hydrogen (secondary N) is 3. The molecule has 0 unspecified atom stereocenters. The normalized spacial score (nSPS) is 10.9. The fourth-order valence-corrected chi connectivity index (χ4v) is 4.91. The number of thiazole rings is 1. The highest BCUT2D eigenvalue weighted by molar-refractivity contribution is 9.10. The molecule has 1 aromatic heterocycles. The Morgan fingerprint density at radius 1 is 1.23 bits per heavy atom. The average molecular weight is 541 g/mol. The third-order valence-corrected chi connectivity index (χ3v) is 6.79. The van der Waals surface area contributed by atoms with Crippen LogP contribution in [0, 0.1) is 0 Å². The lowest BCUT2D eigenvalue weighted by molar-refractivity contribution is 0.0977. The first kappa shape index (κ1) is 23.1. The minimum Gasteiger partial charge on any atom is -0.493 e. The molecule has 2 aromatic carbocycles. The van der Waals surface area contributed by atoms with Crippen molar-refractivity contribution in [3.63, 3.8) is 0 Å². The Bertz CT molecular complexity index is 1180. The number of rotatable bonds is 7. The van der Waals surface area contributed by atoms with Gasteiger partial charge in [0, 0.05) is 22.8 Å². The van der Waals surface area contributed by atoms with Crippen LogP contribution >= 0.6 is 39.5 Å². The SMILES string of the molecule is CCOc1ccc(C(=O)NC(=S)Nc2ccc(S(=O)(=O)Nc3nccs3)cc2)cc1Br. The third-order valence-electron chi connectivity index (χ3n) is 3.80. The molecule has 162 valence electrons. The third kappa shape index (κ3) is 6.23. The zero-order valence-corrected chi connectivity index (χ0v) is 20.1. The van der Waals surface area contributed by atoms with Crippen LogP contribution in [0.1, 0.15) is 17.3 Å². The van der Waals surface area contributed by atoms with Crippen LogP contribution in [-0.2, 0) is 10.0 Å². The number of sulfonamides is 1. The van der Waals surface area contributed by atoms with E-state index in [1.54, 1.807) is 35.7 Å². The quantitative estimate of drug-likeness (QED) is 0.384. The molecule has 0 saturated carbocycles. The number of thiocarbonyl (C=S) groups is 1. The summed E-state index contributed by atoms with van der Waals surface area (Å²) in [6.07, 6.45) is 1.51.